The molecule has 1 aliphatic carbocycles. The number of aromatic nitrogens is 3. The van der Waals surface area contributed by atoms with Gasteiger partial charge < -0.3 is 15.0 Å². The van der Waals surface area contributed by atoms with Crippen molar-refractivity contribution in [2.75, 3.05) is 18.4 Å². The maximum atomic E-state index is 12.3. The molecule has 0 spiro atoms. The van der Waals surface area contributed by atoms with Gasteiger partial charge in [0, 0.05) is 30.7 Å². The average molecular weight is 383 g/mol. The van der Waals surface area contributed by atoms with Gasteiger partial charge in [0.25, 0.3) is 0 Å². The molecule has 3 heterocycles. The zero-order valence-corrected chi connectivity index (χ0v) is 17.2. The van der Waals surface area contributed by atoms with Crippen molar-refractivity contribution < 1.29 is 9.53 Å². The number of nitrogens with zero attached hydrogens (tertiary/aromatic N) is 4. The van der Waals surface area contributed by atoms with Crippen molar-refractivity contribution in [1.82, 2.24) is 19.9 Å². The third-order valence-corrected chi connectivity index (χ3v) is 5.17. The Balaban J connectivity index is 1.53. The lowest BCUT2D eigenvalue weighted by Gasteiger charge is -2.33. The summed E-state index contributed by atoms with van der Waals surface area (Å²) in [5, 5.41) is 3.56. The fourth-order valence-corrected chi connectivity index (χ4v) is 3.55. The van der Waals surface area contributed by atoms with E-state index in [9.17, 15) is 4.79 Å². The number of carbonyl (C=O) groups excluding carboxylic acids is 1. The molecule has 0 aromatic carbocycles. The first-order chi connectivity index (χ1) is 13.3. The van der Waals surface area contributed by atoms with Crippen LogP contribution in [0.15, 0.2) is 12.3 Å². The molecule has 1 aliphatic heterocycles. The second-order valence-corrected chi connectivity index (χ2v) is 8.93. The average Bonchev–Trinajstić information content (AvgIpc) is 3.44. The van der Waals surface area contributed by atoms with Crippen LogP contribution in [-0.4, -0.2) is 50.7 Å². The highest BCUT2D eigenvalue weighted by Crippen LogP contribution is 2.34. The van der Waals surface area contributed by atoms with Crippen molar-refractivity contribution in [2.24, 2.45) is 0 Å². The predicted octanol–water partition coefficient (Wildman–Crippen LogP) is 4.02. The third kappa shape index (κ3) is 4.34. The Morgan fingerprint density at radius 2 is 1.86 bits per heavy atom. The molecule has 2 aromatic heterocycles. The summed E-state index contributed by atoms with van der Waals surface area (Å²) in [6.07, 6.45) is 5.66. The number of rotatable bonds is 3. The van der Waals surface area contributed by atoms with Crippen LogP contribution in [-0.2, 0) is 4.74 Å². The molecule has 2 fully saturated rings. The summed E-state index contributed by atoms with van der Waals surface area (Å²) in [5.41, 5.74) is 3.19. The summed E-state index contributed by atoms with van der Waals surface area (Å²) in [4.78, 5) is 28.3. The highest BCUT2D eigenvalue weighted by atomic mass is 16.6. The van der Waals surface area contributed by atoms with E-state index < -0.39 is 5.60 Å². The SMILES string of the molecule is Cc1cc2nc(NC3CC3)c(C3CCN(C(=O)OC(C)(C)C)CC3)nc2cn1. The fraction of sp³-hybridized carbons (Fsp3) is 0.619. The van der Waals surface area contributed by atoms with E-state index in [-0.39, 0.29) is 12.0 Å². The minimum absolute atomic E-state index is 0.230. The zero-order chi connectivity index (χ0) is 19.9. The van der Waals surface area contributed by atoms with E-state index in [1.807, 2.05) is 33.8 Å². The smallest absolute Gasteiger partial charge is 0.410 e. The second-order valence-electron chi connectivity index (χ2n) is 8.93. The maximum absolute atomic E-state index is 12.3. The summed E-state index contributed by atoms with van der Waals surface area (Å²) in [6.45, 7) is 9.01. The van der Waals surface area contributed by atoms with Crippen LogP contribution < -0.4 is 5.32 Å². The van der Waals surface area contributed by atoms with Crippen LogP contribution in [0, 0.1) is 6.92 Å². The number of hydrogen-bond donors (Lipinski definition) is 1. The van der Waals surface area contributed by atoms with Gasteiger partial charge in [-0.25, -0.2) is 14.8 Å². The Bertz CT molecular complexity index is 880. The van der Waals surface area contributed by atoms with E-state index in [4.69, 9.17) is 14.7 Å². The summed E-state index contributed by atoms with van der Waals surface area (Å²) in [6, 6.07) is 2.49. The topological polar surface area (TPSA) is 80.2 Å². The number of nitrogens with one attached hydrogen (secondary N) is 1. The molecule has 7 nitrogen and oxygen atoms in total. The van der Waals surface area contributed by atoms with E-state index >= 15 is 0 Å². The van der Waals surface area contributed by atoms with Gasteiger partial charge in [-0.1, -0.05) is 0 Å². The lowest BCUT2D eigenvalue weighted by Crippen LogP contribution is -2.41. The van der Waals surface area contributed by atoms with Gasteiger partial charge in [0.15, 0.2) is 0 Å². The van der Waals surface area contributed by atoms with Crippen LogP contribution in [0.4, 0.5) is 10.6 Å². The molecule has 1 saturated heterocycles. The molecule has 1 saturated carbocycles. The molecule has 1 amide bonds. The predicted molar refractivity (Wildman–Crippen MR) is 108 cm³/mol. The van der Waals surface area contributed by atoms with E-state index in [0.29, 0.717) is 19.1 Å². The largest absolute Gasteiger partial charge is 0.444 e. The lowest BCUT2D eigenvalue weighted by molar-refractivity contribution is 0.0204. The fourth-order valence-electron chi connectivity index (χ4n) is 3.55. The van der Waals surface area contributed by atoms with Crippen molar-refractivity contribution in [3.8, 4) is 0 Å². The summed E-state index contributed by atoms with van der Waals surface area (Å²) in [5.74, 6) is 1.18. The molecule has 150 valence electrons. The number of ether oxygens (including phenoxy) is 1. The van der Waals surface area contributed by atoms with E-state index in [1.165, 1.54) is 12.8 Å². The Morgan fingerprint density at radius 1 is 1.14 bits per heavy atom. The van der Waals surface area contributed by atoms with Crippen molar-refractivity contribution in [3.63, 3.8) is 0 Å². The summed E-state index contributed by atoms with van der Waals surface area (Å²) < 4.78 is 5.51. The molecule has 0 radical (unpaired) electrons. The van der Waals surface area contributed by atoms with Crippen molar-refractivity contribution in [1.29, 1.82) is 0 Å². The molecular formula is C21H29N5O2. The van der Waals surface area contributed by atoms with Gasteiger partial charge in [-0.05, 0) is 59.4 Å². The number of aryl methyl sites for hydroxylation is 1. The summed E-state index contributed by atoms with van der Waals surface area (Å²) in [7, 11) is 0. The number of anilines is 1. The van der Waals surface area contributed by atoms with Crippen LogP contribution in [0.3, 0.4) is 0 Å². The molecular weight excluding hydrogens is 354 g/mol. The third-order valence-electron chi connectivity index (χ3n) is 5.17. The van der Waals surface area contributed by atoms with Gasteiger partial charge in [0.1, 0.15) is 16.9 Å². The molecule has 0 unspecified atom stereocenters. The monoisotopic (exact) mass is 383 g/mol. The van der Waals surface area contributed by atoms with Gasteiger partial charge in [0.2, 0.25) is 0 Å². The molecule has 0 atom stereocenters. The van der Waals surface area contributed by atoms with Crippen LogP contribution in [0.25, 0.3) is 11.0 Å². The number of pyridine rings is 1. The standard InChI is InChI=1S/C21H29N5O2/c1-13-11-16-17(12-22-13)24-18(19(25-16)23-15-5-6-15)14-7-9-26(10-8-14)20(27)28-21(2,3)4/h11-12,14-15H,5-10H2,1-4H3,(H,23,25). The van der Waals surface area contributed by atoms with Gasteiger partial charge >= 0.3 is 6.09 Å². The van der Waals surface area contributed by atoms with Crippen molar-refractivity contribution in [3.05, 3.63) is 23.7 Å². The Morgan fingerprint density at radius 3 is 2.50 bits per heavy atom. The number of hydrogen-bond acceptors (Lipinski definition) is 6. The minimum Gasteiger partial charge on any atom is -0.444 e. The van der Waals surface area contributed by atoms with Gasteiger partial charge in [0.05, 0.1) is 17.4 Å². The molecule has 4 rings (SSSR count). The van der Waals surface area contributed by atoms with Gasteiger partial charge in [-0.2, -0.15) is 0 Å². The number of fused-ring (bicyclic) bond motifs is 1. The van der Waals surface area contributed by atoms with Crippen LogP contribution in [0.2, 0.25) is 0 Å². The van der Waals surface area contributed by atoms with E-state index in [2.05, 4.69) is 10.3 Å². The Kier molecular flexibility index (Phi) is 4.85. The summed E-state index contributed by atoms with van der Waals surface area (Å²) >= 11 is 0. The van der Waals surface area contributed by atoms with Crippen LogP contribution in [0.1, 0.15) is 63.8 Å². The molecule has 2 aliphatic rings. The zero-order valence-electron chi connectivity index (χ0n) is 17.2. The highest BCUT2D eigenvalue weighted by Gasteiger charge is 2.31. The molecule has 7 heteroatoms. The highest BCUT2D eigenvalue weighted by molar-refractivity contribution is 5.76. The first-order valence-corrected chi connectivity index (χ1v) is 10.2. The Labute approximate surface area is 165 Å². The number of likely N-dealkylation sites (tertiary alicyclic amines) is 1. The van der Waals surface area contributed by atoms with E-state index in [0.717, 1.165) is 41.1 Å². The van der Waals surface area contributed by atoms with Crippen molar-refractivity contribution >= 4 is 22.9 Å². The normalized spacial score (nSPS) is 18.4. The first-order valence-electron chi connectivity index (χ1n) is 10.2. The minimum atomic E-state index is -0.468. The second kappa shape index (κ2) is 7.18. The quantitative estimate of drug-likeness (QED) is 0.862. The Hall–Kier alpha value is -2.44. The molecule has 0 bridgehead atoms. The van der Waals surface area contributed by atoms with Gasteiger partial charge in [-0.15, -0.1) is 0 Å². The van der Waals surface area contributed by atoms with E-state index in [1.54, 1.807) is 11.1 Å². The van der Waals surface area contributed by atoms with Gasteiger partial charge in [-0.3, -0.25) is 4.98 Å². The van der Waals surface area contributed by atoms with Crippen molar-refractivity contribution in [2.45, 2.75) is 70.9 Å². The first kappa shape index (κ1) is 18.9. The number of carbonyl (C=O) groups is 1. The lowest BCUT2D eigenvalue weighted by atomic mass is 9.93. The molecule has 1 N–H and O–H groups in total. The van der Waals surface area contributed by atoms with Crippen LogP contribution >= 0.6 is 0 Å². The molecule has 28 heavy (non-hydrogen) atoms. The number of amides is 1. The molecule has 2 aromatic rings. The maximum Gasteiger partial charge on any atom is 0.410 e. The number of piperidine rings is 1. The van der Waals surface area contributed by atoms with Crippen LogP contribution in [0.5, 0.6) is 0 Å².